The number of oxime groups is 1. The van der Waals surface area contributed by atoms with Gasteiger partial charge in [0.25, 0.3) is 0 Å². The van der Waals surface area contributed by atoms with Gasteiger partial charge in [0.05, 0.1) is 5.71 Å². The van der Waals surface area contributed by atoms with E-state index in [4.69, 9.17) is 21.2 Å². The van der Waals surface area contributed by atoms with Crippen LogP contribution in [0.1, 0.15) is 25.3 Å². The summed E-state index contributed by atoms with van der Waals surface area (Å²) in [4.78, 5) is 7.63. The molecule has 0 saturated heterocycles. The number of ether oxygens (including phenoxy) is 1. The van der Waals surface area contributed by atoms with E-state index >= 15 is 0 Å². The molecule has 1 aromatic carbocycles. The number of nitrogens with zero attached hydrogens (tertiary/aromatic N) is 2. The molecule has 1 unspecified atom stereocenters. The topological polar surface area (TPSA) is 34.1 Å². The molecule has 1 atom stereocenters. The van der Waals surface area contributed by atoms with Gasteiger partial charge in [0, 0.05) is 24.5 Å². The third-order valence-electron chi connectivity index (χ3n) is 3.59. The van der Waals surface area contributed by atoms with Crippen LogP contribution in [0.4, 0.5) is 0 Å². The van der Waals surface area contributed by atoms with Crippen LogP contribution in [0.15, 0.2) is 23.4 Å². The Morgan fingerprint density at radius 1 is 1.48 bits per heavy atom. The van der Waals surface area contributed by atoms with Gasteiger partial charge in [0.15, 0.2) is 0 Å². The number of hydrogen-bond acceptors (Lipinski definition) is 4. The van der Waals surface area contributed by atoms with Crippen molar-refractivity contribution in [3.05, 3.63) is 28.8 Å². The minimum absolute atomic E-state index is 0.183. The Morgan fingerprint density at radius 2 is 2.29 bits per heavy atom. The Morgan fingerprint density at radius 3 is 2.95 bits per heavy atom. The molecule has 1 aliphatic heterocycles. The van der Waals surface area contributed by atoms with Gasteiger partial charge < -0.3 is 9.57 Å². The highest BCUT2D eigenvalue weighted by Gasteiger charge is 2.21. The minimum atomic E-state index is 0.183. The fourth-order valence-corrected chi connectivity index (χ4v) is 2.54. The summed E-state index contributed by atoms with van der Waals surface area (Å²) in [6.07, 6.45) is 2.10. The molecule has 4 nitrogen and oxygen atoms in total. The van der Waals surface area contributed by atoms with E-state index in [0.29, 0.717) is 6.61 Å². The van der Waals surface area contributed by atoms with Crippen LogP contribution >= 0.6 is 11.6 Å². The third kappa shape index (κ3) is 4.90. The van der Waals surface area contributed by atoms with E-state index in [1.54, 1.807) is 0 Å². The number of benzene rings is 1. The van der Waals surface area contributed by atoms with E-state index in [1.165, 1.54) is 0 Å². The molecule has 0 bridgehead atoms. The van der Waals surface area contributed by atoms with Gasteiger partial charge in [-0.15, -0.1) is 0 Å². The predicted octanol–water partition coefficient (Wildman–Crippen LogP) is 3.51. The van der Waals surface area contributed by atoms with Crippen LogP contribution in [0.25, 0.3) is 0 Å². The zero-order chi connectivity index (χ0) is 15.2. The molecular weight excluding hydrogens is 288 g/mol. The number of likely N-dealkylation sites (N-methyl/N-ethyl adjacent to an activating group) is 1. The Balaban J connectivity index is 1.69. The normalized spacial score (nSPS) is 17.8. The van der Waals surface area contributed by atoms with Gasteiger partial charge in [-0.1, -0.05) is 23.7 Å². The Hall–Kier alpha value is -1.26. The van der Waals surface area contributed by atoms with Gasteiger partial charge >= 0.3 is 0 Å². The van der Waals surface area contributed by atoms with Crippen LogP contribution in [0.2, 0.25) is 5.02 Å². The number of hydrogen-bond donors (Lipinski definition) is 0. The molecule has 21 heavy (non-hydrogen) atoms. The van der Waals surface area contributed by atoms with Crippen LogP contribution in [-0.4, -0.2) is 43.5 Å². The molecule has 0 amide bonds. The monoisotopic (exact) mass is 310 g/mol. The van der Waals surface area contributed by atoms with Gasteiger partial charge in [-0.2, -0.15) is 0 Å². The summed E-state index contributed by atoms with van der Waals surface area (Å²) in [5.41, 5.74) is 2.21. The zero-order valence-corrected chi connectivity index (χ0v) is 13.7. The van der Waals surface area contributed by atoms with Gasteiger partial charge in [0.1, 0.15) is 18.5 Å². The summed E-state index contributed by atoms with van der Waals surface area (Å²) in [5.74, 6) is 0.890. The van der Waals surface area contributed by atoms with Crippen molar-refractivity contribution in [2.75, 3.05) is 26.7 Å². The fraction of sp³-hybridized carbons (Fsp3) is 0.562. The number of halogens is 1. The standard InChI is InChI=1S/C16H23ClN2O2/c1-4-14-10-15(21-18-14)11-19(3)7-8-20-16-6-5-13(17)9-12(16)2/h5-6,9,15H,4,7-8,10-11H2,1-3H3. The van der Waals surface area contributed by atoms with Crippen molar-refractivity contribution in [3.63, 3.8) is 0 Å². The van der Waals surface area contributed by atoms with E-state index in [9.17, 15) is 0 Å². The molecule has 0 fully saturated rings. The summed E-state index contributed by atoms with van der Waals surface area (Å²) in [5, 5.41) is 4.82. The van der Waals surface area contributed by atoms with E-state index in [-0.39, 0.29) is 6.10 Å². The largest absolute Gasteiger partial charge is 0.492 e. The van der Waals surface area contributed by atoms with Crippen LogP contribution in [0.5, 0.6) is 5.75 Å². The average molecular weight is 311 g/mol. The molecule has 1 heterocycles. The maximum Gasteiger partial charge on any atom is 0.145 e. The summed E-state index contributed by atoms with van der Waals surface area (Å²) >= 11 is 5.93. The van der Waals surface area contributed by atoms with Crippen LogP contribution in [0.3, 0.4) is 0 Å². The molecule has 0 radical (unpaired) electrons. The summed E-state index contributed by atoms with van der Waals surface area (Å²) < 4.78 is 5.80. The Bertz CT molecular complexity index is 505. The molecular formula is C16H23ClN2O2. The van der Waals surface area contributed by atoms with Crippen molar-refractivity contribution in [2.24, 2.45) is 5.16 Å². The molecule has 0 aliphatic carbocycles. The fourth-order valence-electron chi connectivity index (χ4n) is 2.32. The molecule has 116 valence electrons. The van der Waals surface area contributed by atoms with Crippen molar-refractivity contribution in [1.29, 1.82) is 0 Å². The molecule has 0 N–H and O–H groups in total. The SMILES string of the molecule is CCC1=NOC(CN(C)CCOc2ccc(Cl)cc2C)C1. The smallest absolute Gasteiger partial charge is 0.145 e. The van der Waals surface area contributed by atoms with Gasteiger partial charge in [-0.05, 0) is 44.2 Å². The molecule has 1 aromatic rings. The first-order valence-corrected chi connectivity index (χ1v) is 7.75. The van der Waals surface area contributed by atoms with E-state index < -0.39 is 0 Å². The molecule has 1 aliphatic rings. The number of rotatable bonds is 7. The Kier molecular flexibility index (Phi) is 5.88. The van der Waals surface area contributed by atoms with Crippen molar-refractivity contribution < 1.29 is 9.57 Å². The lowest BCUT2D eigenvalue weighted by Crippen LogP contribution is -2.32. The quantitative estimate of drug-likeness (QED) is 0.773. The first kappa shape index (κ1) is 16.1. The highest BCUT2D eigenvalue weighted by Crippen LogP contribution is 2.21. The third-order valence-corrected chi connectivity index (χ3v) is 3.82. The second-order valence-electron chi connectivity index (χ2n) is 5.46. The van der Waals surface area contributed by atoms with Crippen LogP contribution < -0.4 is 4.74 Å². The molecule has 0 saturated carbocycles. The number of aryl methyl sites for hydroxylation is 1. The molecule has 2 rings (SSSR count). The van der Waals surface area contributed by atoms with E-state index in [1.807, 2.05) is 25.1 Å². The zero-order valence-electron chi connectivity index (χ0n) is 12.9. The second-order valence-corrected chi connectivity index (χ2v) is 5.90. The first-order valence-electron chi connectivity index (χ1n) is 7.37. The lowest BCUT2D eigenvalue weighted by atomic mass is 10.1. The van der Waals surface area contributed by atoms with E-state index in [0.717, 1.165) is 48.0 Å². The molecule has 5 heteroatoms. The second kappa shape index (κ2) is 7.66. The van der Waals surface area contributed by atoms with Crippen molar-refractivity contribution in [2.45, 2.75) is 32.8 Å². The molecule has 0 aromatic heterocycles. The maximum absolute atomic E-state index is 5.93. The highest BCUT2D eigenvalue weighted by atomic mass is 35.5. The lowest BCUT2D eigenvalue weighted by molar-refractivity contribution is 0.0562. The molecule has 0 spiro atoms. The lowest BCUT2D eigenvalue weighted by Gasteiger charge is -2.20. The maximum atomic E-state index is 5.93. The first-order chi connectivity index (χ1) is 10.1. The van der Waals surface area contributed by atoms with Gasteiger partial charge in [0.2, 0.25) is 0 Å². The summed E-state index contributed by atoms with van der Waals surface area (Å²) in [6.45, 7) is 6.48. The summed E-state index contributed by atoms with van der Waals surface area (Å²) in [6, 6.07) is 5.68. The van der Waals surface area contributed by atoms with Gasteiger partial charge in [-0.3, -0.25) is 4.90 Å². The minimum Gasteiger partial charge on any atom is -0.492 e. The van der Waals surface area contributed by atoms with Crippen molar-refractivity contribution in [1.82, 2.24) is 4.90 Å². The average Bonchev–Trinajstić information content (AvgIpc) is 2.89. The predicted molar refractivity (Wildman–Crippen MR) is 86.4 cm³/mol. The van der Waals surface area contributed by atoms with Crippen LogP contribution in [0, 0.1) is 6.92 Å². The van der Waals surface area contributed by atoms with Crippen molar-refractivity contribution in [3.8, 4) is 5.75 Å². The highest BCUT2D eigenvalue weighted by molar-refractivity contribution is 6.30. The van der Waals surface area contributed by atoms with E-state index in [2.05, 4.69) is 24.0 Å². The summed E-state index contributed by atoms with van der Waals surface area (Å²) in [7, 11) is 2.07. The Labute approximate surface area is 131 Å². The van der Waals surface area contributed by atoms with Gasteiger partial charge in [-0.25, -0.2) is 0 Å². The van der Waals surface area contributed by atoms with Crippen molar-refractivity contribution >= 4 is 17.3 Å². The van der Waals surface area contributed by atoms with Crippen LogP contribution in [-0.2, 0) is 4.84 Å².